The lowest BCUT2D eigenvalue weighted by atomic mass is 10.0. The molecule has 0 aliphatic rings. The molecule has 0 spiro atoms. The van der Waals surface area contributed by atoms with E-state index in [4.69, 9.17) is 4.74 Å². The molecule has 0 saturated heterocycles. The van der Waals surface area contributed by atoms with Crippen LogP contribution in [0.5, 0.6) is 5.75 Å². The van der Waals surface area contributed by atoms with Crippen LogP contribution in [-0.2, 0) is 0 Å². The van der Waals surface area contributed by atoms with E-state index in [2.05, 4.69) is 45.7 Å². The van der Waals surface area contributed by atoms with Crippen LogP contribution in [0.4, 0.5) is 10.2 Å². The zero-order chi connectivity index (χ0) is 22.5. The Kier molecular flexibility index (Phi) is 6.95. The van der Waals surface area contributed by atoms with Crippen molar-refractivity contribution in [3.05, 3.63) is 54.9 Å². The summed E-state index contributed by atoms with van der Waals surface area (Å²) in [5, 5.41) is 4.16. The second-order valence-corrected chi connectivity index (χ2v) is 7.58. The molecule has 0 radical (unpaired) electrons. The maximum absolute atomic E-state index is 13.3. The lowest BCUT2D eigenvalue weighted by Crippen LogP contribution is -2.19. The van der Waals surface area contributed by atoms with E-state index in [1.165, 1.54) is 18.6 Å². The normalized spacial score (nSPS) is 13.7. The van der Waals surface area contributed by atoms with Gasteiger partial charge >= 0.3 is 0 Å². The molecule has 2 aromatic heterocycles. The van der Waals surface area contributed by atoms with Crippen LogP contribution in [0.25, 0.3) is 22.2 Å². The van der Waals surface area contributed by atoms with E-state index in [0.29, 0.717) is 28.7 Å². The highest BCUT2D eigenvalue weighted by molar-refractivity contribution is 5.96. The molecule has 0 aliphatic heterocycles. The van der Waals surface area contributed by atoms with Gasteiger partial charge in [-0.05, 0) is 50.5 Å². The van der Waals surface area contributed by atoms with Crippen molar-refractivity contribution in [3.8, 4) is 17.0 Å². The Labute approximate surface area is 182 Å². The third kappa shape index (κ3) is 5.05. The van der Waals surface area contributed by atoms with E-state index in [1.807, 2.05) is 26.0 Å². The van der Waals surface area contributed by atoms with E-state index >= 15 is 0 Å². The monoisotopic (exact) mass is 421 g/mol. The Hall–Kier alpha value is -3.35. The Bertz CT molecular complexity index is 1110. The predicted molar refractivity (Wildman–Crippen MR) is 124 cm³/mol. The van der Waals surface area contributed by atoms with Gasteiger partial charge in [-0.15, -0.1) is 0 Å². The van der Waals surface area contributed by atoms with Gasteiger partial charge in [0.05, 0.1) is 30.7 Å². The molecule has 3 rings (SSSR count). The zero-order valence-electron chi connectivity index (χ0n) is 18.6. The van der Waals surface area contributed by atoms with Gasteiger partial charge in [0.2, 0.25) is 0 Å². The predicted octanol–water partition coefficient (Wildman–Crippen LogP) is 5.66. The standard InChI is InChI=1S/C24H28FN5O/c1-7-14(2)15(3)29-16(4)17(5)30-24-20-10-18(21-9-8-19(25)12-26-21)11-22(31-6)23(20)27-13-28-24/h8-14,17H,4,7H2,1-3,5-6H3,(H,27,28,30)/b29-15-. The number of anilines is 1. The third-order valence-corrected chi connectivity index (χ3v) is 5.45. The molecular weight excluding hydrogens is 393 g/mol. The van der Waals surface area contributed by atoms with Gasteiger partial charge in [-0.25, -0.2) is 14.4 Å². The Morgan fingerprint density at radius 1 is 1.23 bits per heavy atom. The number of fused-ring (bicyclic) bond motifs is 1. The Morgan fingerprint density at radius 3 is 2.65 bits per heavy atom. The highest BCUT2D eigenvalue weighted by Crippen LogP contribution is 2.33. The van der Waals surface area contributed by atoms with Crippen LogP contribution in [0.15, 0.2) is 54.1 Å². The van der Waals surface area contributed by atoms with Crippen molar-refractivity contribution in [2.24, 2.45) is 10.9 Å². The minimum absolute atomic E-state index is 0.143. The molecule has 2 unspecified atom stereocenters. The number of hydrogen-bond donors (Lipinski definition) is 1. The molecule has 0 aliphatic carbocycles. The first-order valence-corrected chi connectivity index (χ1v) is 10.3. The van der Waals surface area contributed by atoms with Gasteiger partial charge in [0.15, 0.2) is 0 Å². The van der Waals surface area contributed by atoms with Crippen molar-refractivity contribution in [3.63, 3.8) is 0 Å². The van der Waals surface area contributed by atoms with Gasteiger partial charge in [0.1, 0.15) is 29.2 Å². The van der Waals surface area contributed by atoms with Gasteiger partial charge in [0.25, 0.3) is 0 Å². The fraction of sp³-hybridized carbons (Fsp3) is 0.333. The molecule has 0 amide bonds. The summed E-state index contributed by atoms with van der Waals surface area (Å²) in [5.41, 5.74) is 3.86. The van der Waals surface area contributed by atoms with Crippen LogP contribution in [0, 0.1) is 11.7 Å². The first kappa shape index (κ1) is 22.3. The van der Waals surface area contributed by atoms with Crippen molar-refractivity contribution in [2.75, 3.05) is 12.4 Å². The van der Waals surface area contributed by atoms with Gasteiger partial charge in [-0.1, -0.05) is 20.4 Å². The fourth-order valence-corrected chi connectivity index (χ4v) is 3.12. The number of hydrogen-bond acceptors (Lipinski definition) is 6. The van der Waals surface area contributed by atoms with Crippen LogP contribution >= 0.6 is 0 Å². The number of aromatic nitrogens is 3. The van der Waals surface area contributed by atoms with E-state index in [-0.39, 0.29) is 11.9 Å². The largest absolute Gasteiger partial charge is 0.494 e. The van der Waals surface area contributed by atoms with Crippen LogP contribution in [0.1, 0.15) is 34.1 Å². The summed E-state index contributed by atoms with van der Waals surface area (Å²) in [5.74, 6) is 1.24. The highest BCUT2D eigenvalue weighted by atomic mass is 19.1. The molecule has 1 aromatic carbocycles. The number of methoxy groups -OCH3 is 1. The van der Waals surface area contributed by atoms with Crippen molar-refractivity contribution < 1.29 is 9.13 Å². The average Bonchev–Trinajstić information content (AvgIpc) is 2.78. The average molecular weight is 422 g/mol. The van der Waals surface area contributed by atoms with Crippen LogP contribution in [0.2, 0.25) is 0 Å². The molecule has 0 saturated carbocycles. The first-order chi connectivity index (χ1) is 14.8. The second-order valence-electron chi connectivity index (χ2n) is 7.58. The lowest BCUT2D eigenvalue weighted by Gasteiger charge is -2.18. The van der Waals surface area contributed by atoms with Gasteiger partial charge in [-0.3, -0.25) is 9.98 Å². The molecule has 162 valence electrons. The maximum Gasteiger partial charge on any atom is 0.145 e. The number of halogens is 1. The Morgan fingerprint density at radius 2 is 2.00 bits per heavy atom. The quantitative estimate of drug-likeness (QED) is 0.475. The number of nitrogens with zero attached hydrogens (tertiary/aromatic N) is 4. The first-order valence-electron chi connectivity index (χ1n) is 10.3. The van der Waals surface area contributed by atoms with Gasteiger partial charge in [-0.2, -0.15) is 0 Å². The molecule has 2 heterocycles. The van der Waals surface area contributed by atoms with E-state index in [0.717, 1.165) is 28.8 Å². The number of benzene rings is 1. The van der Waals surface area contributed by atoms with Crippen LogP contribution < -0.4 is 10.1 Å². The fourth-order valence-electron chi connectivity index (χ4n) is 3.12. The molecule has 3 aromatic rings. The van der Waals surface area contributed by atoms with Crippen molar-refractivity contribution in [1.82, 2.24) is 15.0 Å². The summed E-state index contributed by atoms with van der Waals surface area (Å²) in [6.45, 7) is 12.4. The minimum atomic E-state index is -0.386. The molecule has 0 bridgehead atoms. The van der Waals surface area contributed by atoms with E-state index in [9.17, 15) is 4.39 Å². The highest BCUT2D eigenvalue weighted by Gasteiger charge is 2.15. The molecule has 7 heteroatoms. The van der Waals surface area contributed by atoms with Crippen molar-refractivity contribution >= 4 is 22.4 Å². The van der Waals surface area contributed by atoms with Crippen molar-refractivity contribution in [1.29, 1.82) is 0 Å². The summed E-state index contributed by atoms with van der Waals surface area (Å²) in [6.07, 6.45) is 3.71. The summed E-state index contributed by atoms with van der Waals surface area (Å²) in [6, 6.07) is 6.62. The summed E-state index contributed by atoms with van der Waals surface area (Å²) < 4.78 is 18.9. The van der Waals surface area contributed by atoms with Gasteiger partial charge < -0.3 is 10.1 Å². The molecule has 31 heavy (non-hydrogen) atoms. The third-order valence-electron chi connectivity index (χ3n) is 5.45. The topological polar surface area (TPSA) is 72.3 Å². The van der Waals surface area contributed by atoms with Crippen LogP contribution in [0.3, 0.4) is 0 Å². The number of aliphatic imine (C=N–C) groups is 1. The number of pyridine rings is 1. The maximum atomic E-state index is 13.3. The zero-order valence-corrected chi connectivity index (χ0v) is 18.6. The van der Waals surface area contributed by atoms with Gasteiger partial charge in [0, 0.05) is 16.7 Å². The number of rotatable bonds is 8. The van der Waals surface area contributed by atoms with Crippen molar-refractivity contribution in [2.45, 2.75) is 40.2 Å². The summed E-state index contributed by atoms with van der Waals surface area (Å²) >= 11 is 0. The second kappa shape index (κ2) is 9.64. The van der Waals surface area contributed by atoms with Crippen LogP contribution in [-0.4, -0.2) is 33.8 Å². The minimum Gasteiger partial charge on any atom is -0.494 e. The Balaban J connectivity index is 2.00. The number of ether oxygens (including phenoxy) is 1. The smallest absolute Gasteiger partial charge is 0.145 e. The summed E-state index contributed by atoms with van der Waals surface area (Å²) in [4.78, 5) is 17.7. The molecule has 2 atom stereocenters. The number of nitrogens with one attached hydrogen (secondary N) is 1. The molecule has 1 N–H and O–H groups in total. The summed E-state index contributed by atoms with van der Waals surface area (Å²) in [7, 11) is 1.59. The SMILES string of the molecule is C=C(/N=C(/C)C(C)CC)C(C)Nc1ncnc2c(OC)cc(-c3ccc(F)cn3)cc12. The molecule has 0 fully saturated rings. The van der Waals surface area contributed by atoms with E-state index < -0.39 is 0 Å². The molecule has 6 nitrogen and oxygen atoms in total. The molecular formula is C24H28FN5O. The lowest BCUT2D eigenvalue weighted by molar-refractivity contribution is 0.419. The van der Waals surface area contributed by atoms with E-state index in [1.54, 1.807) is 13.2 Å².